The molecule has 0 radical (unpaired) electrons. The largest absolute Gasteiger partial charge is 0.292 e. The first kappa shape index (κ1) is 28.1. The second kappa shape index (κ2) is 11.4. The van der Waals surface area contributed by atoms with Crippen LogP contribution in [0, 0.1) is 0 Å². The van der Waals surface area contributed by atoms with E-state index in [4.69, 9.17) is 9.97 Å². The Morgan fingerprint density at radius 3 is 1.32 bits per heavy atom. The highest BCUT2D eigenvalue weighted by Crippen LogP contribution is 2.41. The molecule has 6 heteroatoms. The molecule has 0 saturated heterocycles. The smallest absolute Gasteiger partial charge is 0.165 e. The van der Waals surface area contributed by atoms with Gasteiger partial charge in [0.25, 0.3) is 0 Å². The number of nitrogens with zero attached hydrogens (tertiary/aromatic N) is 6. The highest BCUT2D eigenvalue weighted by molar-refractivity contribution is 6.10. The third-order valence-corrected chi connectivity index (χ3v) is 9.57. The lowest BCUT2D eigenvalue weighted by atomic mass is 9.91. The first-order valence-corrected chi connectivity index (χ1v) is 16.6. The number of para-hydroxylation sites is 2. The van der Waals surface area contributed by atoms with Crippen LogP contribution in [0.3, 0.4) is 0 Å². The molecule has 0 atom stereocenters. The van der Waals surface area contributed by atoms with E-state index < -0.39 is 0 Å². The molecule has 0 aliphatic carbocycles. The van der Waals surface area contributed by atoms with Crippen molar-refractivity contribution in [3.63, 3.8) is 0 Å². The van der Waals surface area contributed by atoms with E-state index in [2.05, 4.69) is 153 Å². The summed E-state index contributed by atoms with van der Waals surface area (Å²) in [5.74, 6) is 2.13. The summed E-state index contributed by atoms with van der Waals surface area (Å²) in [6.07, 6.45) is 7.55. The molecule has 10 aromatic rings. The normalized spacial score (nSPS) is 11.6. The van der Waals surface area contributed by atoms with E-state index in [0.717, 1.165) is 83.1 Å². The number of hydrogen-bond acceptors (Lipinski definition) is 4. The highest BCUT2D eigenvalue weighted by atomic mass is 15.1. The van der Waals surface area contributed by atoms with E-state index >= 15 is 0 Å². The van der Waals surface area contributed by atoms with Crippen LogP contribution in [-0.4, -0.2) is 29.1 Å². The van der Waals surface area contributed by atoms with Crippen LogP contribution in [0.5, 0.6) is 0 Å². The lowest BCUT2D eigenvalue weighted by molar-refractivity contribution is 0.991. The van der Waals surface area contributed by atoms with Gasteiger partial charge in [-0.05, 0) is 46.5 Å². The number of fused-ring (bicyclic) bond motifs is 6. The molecule has 5 aromatic heterocycles. The Kier molecular flexibility index (Phi) is 6.39. The maximum Gasteiger partial charge on any atom is 0.165 e. The van der Waals surface area contributed by atoms with Gasteiger partial charge in [0.05, 0.1) is 34.5 Å². The summed E-state index contributed by atoms with van der Waals surface area (Å²) in [6, 6.07) is 50.6. The minimum atomic E-state index is 0.625. The third-order valence-electron chi connectivity index (χ3n) is 9.57. The molecule has 5 heterocycles. The predicted molar refractivity (Wildman–Crippen MR) is 203 cm³/mol. The van der Waals surface area contributed by atoms with Crippen molar-refractivity contribution in [3.8, 4) is 45.3 Å². The van der Waals surface area contributed by atoms with Crippen LogP contribution >= 0.6 is 0 Å². The Bertz CT molecular complexity index is 2570. The number of hydrogen-bond donors (Lipinski definition) is 0. The number of pyridine rings is 2. The zero-order valence-electron chi connectivity index (χ0n) is 26.8. The maximum atomic E-state index is 5.48. The fourth-order valence-corrected chi connectivity index (χ4v) is 7.40. The molecule has 0 fully saturated rings. The summed E-state index contributed by atoms with van der Waals surface area (Å²) < 4.78 is 4.43. The van der Waals surface area contributed by atoms with E-state index in [9.17, 15) is 0 Å². The Balaban J connectivity index is 1.37. The zero-order chi connectivity index (χ0) is 33.0. The molecule has 0 aliphatic heterocycles. The van der Waals surface area contributed by atoms with Crippen molar-refractivity contribution in [2.45, 2.75) is 0 Å². The van der Waals surface area contributed by atoms with Gasteiger partial charge in [0.1, 0.15) is 11.6 Å². The van der Waals surface area contributed by atoms with E-state index in [-0.39, 0.29) is 0 Å². The summed E-state index contributed by atoms with van der Waals surface area (Å²) >= 11 is 0. The number of rotatable bonds is 5. The predicted octanol–water partition coefficient (Wildman–Crippen LogP) is 10.5. The van der Waals surface area contributed by atoms with Gasteiger partial charge in [-0.25, -0.2) is 9.97 Å². The van der Waals surface area contributed by atoms with Crippen molar-refractivity contribution in [2.24, 2.45) is 0 Å². The molecule has 5 aromatic carbocycles. The fourth-order valence-electron chi connectivity index (χ4n) is 7.40. The summed E-state index contributed by atoms with van der Waals surface area (Å²) in [4.78, 5) is 20.1. The Labute approximate surface area is 287 Å². The van der Waals surface area contributed by atoms with Crippen LogP contribution in [0.25, 0.3) is 88.9 Å². The number of aromatic nitrogens is 6. The number of benzene rings is 5. The molecule has 0 spiro atoms. The minimum absolute atomic E-state index is 0.625. The van der Waals surface area contributed by atoms with Crippen molar-refractivity contribution in [1.29, 1.82) is 0 Å². The zero-order valence-corrected chi connectivity index (χ0v) is 26.8. The maximum absolute atomic E-state index is 5.48. The van der Waals surface area contributed by atoms with E-state index in [1.165, 1.54) is 0 Å². The van der Waals surface area contributed by atoms with Crippen LogP contribution in [0.1, 0.15) is 0 Å². The topological polar surface area (TPSA) is 61.4 Å². The van der Waals surface area contributed by atoms with Gasteiger partial charge < -0.3 is 0 Å². The van der Waals surface area contributed by atoms with Gasteiger partial charge in [-0.3, -0.25) is 19.1 Å². The molecule has 0 bridgehead atoms. The average Bonchev–Trinajstić information content (AvgIpc) is 3.71. The van der Waals surface area contributed by atoms with Crippen LogP contribution in [0.15, 0.2) is 170 Å². The lowest BCUT2D eigenvalue weighted by Gasteiger charge is -2.18. The summed E-state index contributed by atoms with van der Waals surface area (Å²) in [5.41, 5.74) is 9.33. The molecule has 50 heavy (non-hydrogen) atoms. The monoisotopic (exact) mass is 640 g/mol. The SMILES string of the molecule is c1ccc(-c2cccc(-c3ccccc3)c2-c2nc(-n3c4ccccc4c4ccncc43)cc(-n3c4ccccc4c4ccncc43)n2)cc1. The van der Waals surface area contributed by atoms with Crippen molar-refractivity contribution in [1.82, 2.24) is 29.1 Å². The van der Waals surface area contributed by atoms with Gasteiger partial charge >= 0.3 is 0 Å². The second-order valence-electron chi connectivity index (χ2n) is 12.4. The molecule has 0 saturated carbocycles. The van der Waals surface area contributed by atoms with Crippen molar-refractivity contribution in [2.75, 3.05) is 0 Å². The molecule has 234 valence electrons. The fraction of sp³-hybridized carbons (Fsp3) is 0. The third kappa shape index (κ3) is 4.36. The van der Waals surface area contributed by atoms with E-state index in [1.54, 1.807) is 0 Å². The minimum Gasteiger partial charge on any atom is -0.292 e. The molecular formula is C44H28N6. The van der Waals surface area contributed by atoms with Crippen LogP contribution in [-0.2, 0) is 0 Å². The summed E-state index contributed by atoms with van der Waals surface area (Å²) in [5, 5.41) is 4.52. The van der Waals surface area contributed by atoms with Gasteiger partial charge in [0.2, 0.25) is 0 Å². The van der Waals surface area contributed by atoms with E-state index in [1.807, 2.05) is 36.9 Å². The van der Waals surface area contributed by atoms with Gasteiger partial charge in [0.15, 0.2) is 5.82 Å². The highest BCUT2D eigenvalue weighted by Gasteiger charge is 2.22. The van der Waals surface area contributed by atoms with Gasteiger partial charge in [-0.15, -0.1) is 0 Å². The Morgan fingerprint density at radius 2 is 0.820 bits per heavy atom. The first-order chi connectivity index (χ1) is 24.8. The first-order valence-electron chi connectivity index (χ1n) is 16.6. The van der Waals surface area contributed by atoms with Crippen molar-refractivity contribution < 1.29 is 0 Å². The average molecular weight is 641 g/mol. The quantitative estimate of drug-likeness (QED) is 0.188. The van der Waals surface area contributed by atoms with Crippen molar-refractivity contribution >= 4 is 43.6 Å². The standard InChI is InChI=1S/C44H28N6/c1-3-12-29(13-4-1)31-18-11-19-32(30-14-5-2-6-15-30)43(31)44-47-41(49-37-20-9-7-16-33(37)35-22-24-45-27-39(35)49)26-42(48-44)50-38-21-10-8-17-34(38)36-23-25-46-28-40(36)50/h1-28H. The molecule has 0 aliphatic rings. The van der Waals surface area contributed by atoms with Gasteiger partial charge in [0, 0.05) is 45.6 Å². The Morgan fingerprint density at radius 1 is 0.380 bits per heavy atom. The molecule has 0 unspecified atom stereocenters. The van der Waals surface area contributed by atoms with Crippen molar-refractivity contribution in [3.05, 3.63) is 170 Å². The summed E-state index contributed by atoms with van der Waals surface area (Å²) in [7, 11) is 0. The molecule has 0 N–H and O–H groups in total. The van der Waals surface area contributed by atoms with Crippen LogP contribution < -0.4 is 0 Å². The van der Waals surface area contributed by atoms with Crippen LogP contribution in [0.4, 0.5) is 0 Å². The lowest BCUT2D eigenvalue weighted by Crippen LogP contribution is -2.07. The summed E-state index contributed by atoms with van der Waals surface area (Å²) in [6.45, 7) is 0. The second-order valence-corrected chi connectivity index (χ2v) is 12.4. The van der Waals surface area contributed by atoms with Gasteiger partial charge in [-0.2, -0.15) is 0 Å². The molecule has 0 amide bonds. The van der Waals surface area contributed by atoms with E-state index in [0.29, 0.717) is 5.82 Å². The van der Waals surface area contributed by atoms with Crippen LogP contribution in [0.2, 0.25) is 0 Å². The molecular weight excluding hydrogens is 613 g/mol. The molecule has 6 nitrogen and oxygen atoms in total. The molecule has 10 rings (SSSR count). The Hall–Kier alpha value is -6.92. The van der Waals surface area contributed by atoms with Gasteiger partial charge in [-0.1, -0.05) is 115 Å².